The second-order valence-electron chi connectivity index (χ2n) is 3.46. The number of halogens is 4. The molecular formula is C11H13F4NO2. The Kier molecular flexibility index (Phi) is 5.36. The molecule has 1 aromatic rings. The summed E-state index contributed by atoms with van der Waals surface area (Å²) in [5.74, 6) is -1.37. The highest BCUT2D eigenvalue weighted by molar-refractivity contribution is 5.36. The molecule has 3 nitrogen and oxygen atoms in total. The highest BCUT2D eigenvalue weighted by Gasteiger charge is 2.34. The maximum absolute atomic E-state index is 12.8. The number of ether oxygens (including phenoxy) is 1. The van der Waals surface area contributed by atoms with Crippen LogP contribution in [0.25, 0.3) is 0 Å². The molecule has 0 radical (unpaired) electrons. The molecule has 0 saturated heterocycles. The van der Waals surface area contributed by atoms with E-state index in [1.54, 1.807) is 0 Å². The second kappa shape index (κ2) is 6.55. The molecule has 0 atom stereocenters. The van der Waals surface area contributed by atoms with Gasteiger partial charge in [-0.15, -0.1) is 0 Å². The summed E-state index contributed by atoms with van der Waals surface area (Å²) in [6.07, 6.45) is -4.66. The minimum Gasteiger partial charge on any atom is -0.492 e. The molecular weight excluding hydrogens is 254 g/mol. The van der Waals surface area contributed by atoms with Crippen molar-refractivity contribution < 1.29 is 27.4 Å². The number of rotatable bonds is 6. The van der Waals surface area contributed by atoms with Gasteiger partial charge in [-0.05, 0) is 18.2 Å². The van der Waals surface area contributed by atoms with Crippen LogP contribution >= 0.6 is 0 Å². The maximum atomic E-state index is 12.8. The van der Waals surface area contributed by atoms with Crippen LogP contribution in [0.15, 0.2) is 18.2 Å². The van der Waals surface area contributed by atoms with Crippen molar-refractivity contribution in [2.45, 2.75) is 6.18 Å². The molecule has 1 aromatic carbocycles. The van der Waals surface area contributed by atoms with Crippen LogP contribution in [0.5, 0.6) is 5.75 Å². The van der Waals surface area contributed by atoms with Crippen LogP contribution in [0.2, 0.25) is 0 Å². The zero-order valence-electron chi connectivity index (χ0n) is 9.43. The highest BCUT2D eigenvalue weighted by Crippen LogP contribution is 2.36. The van der Waals surface area contributed by atoms with Gasteiger partial charge in [0.25, 0.3) is 0 Å². The molecule has 1 rings (SSSR count). The lowest BCUT2D eigenvalue weighted by molar-refractivity contribution is -0.139. The van der Waals surface area contributed by atoms with Crippen LogP contribution in [0, 0.1) is 5.82 Å². The van der Waals surface area contributed by atoms with E-state index >= 15 is 0 Å². The Bertz CT molecular complexity index is 382. The van der Waals surface area contributed by atoms with E-state index in [9.17, 15) is 17.6 Å². The third-order valence-electron chi connectivity index (χ3n) is 2.07. The number of hydrogen-bond acceptors (Lipinski definition) is 3. The molecule has 0 saturated carbocycles. The number of nitrogens with one attached hydrogen (secondary N) is 1. The molecule has 0 bridgehead atoms. The van der Waals surface area contributed by atoms with Crippen molar-refractivity contribution in [2.75, 3.05) is 26.3 Å². The topological polar surface area (TPSA) is 41.5 Å². The molecule has 0 amide bonds. The summed E-state index contributed by atoms with van der Waals surface area (Å²) in [6.45, 7) is 0.549. The van der Waals surface area contributed by atoms with Gasteiger partial charge in [-0.3, -0.25) is 0 Å². The SMILES string of the molecule is OCCNCCOc1ccc(F)cc1C(F)(F)F. The fraction of sp³-hybridized carbons (Fsp3) is 0.455. The van der Waals surface area contributed by atoms with Gasteiger partial charge in [0, 0.05) is 13.1 Å². The van der Waals surface area contributed by atoms with Gasteiger partial charge < -0.3 is 15.2 Å². The van der Waals surface area contributed by atoms with Crippen LogP contribution < -0.4 is 10.1 Å². The summed E-state index contributed by atoms with van der Waals surface area (Å²) in [6, 6.07) is 2.26. The third-order valence-corrected chi connectivity index (χ3v) is 2.07. The van der Waals surface area contributed by atoms with Crippen molar-refractivity contribution in [1.29, 1.82) is 0 Å². The van der Waals surface area contributed by atoms with Crippen LogP contribution in [0.3, 0.4) is 0 Å². The first-order valence-corrected chi connectivity index (χ1v) is 5.26. The van der Waals surface area contributed by atoms with Crippen molar-refractivity contribution in [2.24, 2.45) is 0 Å². The number of aliphatic hydroxyl groups is 1. The van der Waals surface area contributed by atoms with Crippen LogP contribution in [-0.2, 0) is 6.18 Å². The average Bonchev–Trinajstić information content (AvgIpc) is 2.29. The summed E-state index contributed by atoms with van der Waals surface area (Å²) in [5.41, 5.74) is -1.13. The van der Waals surface area contributed by atoms with Crippen molar-refractivity contribution in [3.05, 3.63) is 29.6 Å². The Morgan fingerprint density at radius 3 is 2.56 bits per heavy atom. The molecule has 0 fully saturated rings. The van der Waals surface area contributed by atoms with Crippen molar-refractivity contribution >= 4 is 0 Å². The van der Waals surface area contributed by atoms with E-state index in [0.717, 1.165) is 12.1 Å². The fourth-order valence-corrected chi connectivity index (χ4v) is 1.29. The van der Waals surface area contributed by atoms with Crippen molar-refractivity contribution in [3.63, 3.8) is 0 Å². The number of aliphatic hydroxyl groups excluding tert-OH is 1. The molecule has 0 aliphatic rings. The maximum Gasteiger partial charge on any atom is 0.420 e. The molecule has 18 heavy (non-hydrogen) atoms. The van der Waals surface area contributed by atoms with E-state index in [-0.39, 0.29) is 19.8 Å². The number of benzene rings is 1. The molecule has 0 aromatic heterocycles. The summed E-state index contributed by atoms with van der Waals surface area (Å²) in [5, 5.41) is 11.2. The Morgan fingerprint density at radius 2 is 1.94 bits per heavy atom. The van der Waals surface area contributed by atoms with Gasteiger partial charge in [0.05, 0.1) is 6.61 Å². The van der Waals surface area contributed by atoms with E-state index in [4.69, 9.17) is 9.84 Å². The van der Waals surface area contributed by atoms with Gasteiger partial charge in [0.1, 0.15) is 23.7 Å². The van der Waals surface area contributed by atoms with E-state index in [1.165, 1.54) is 0 Å². The standard InChI is InChI=1S/C11H13F4NO2/c12-8-1-2-10(9(7-8)11(13,14)15)18-6-4-16-3-5-17/h1-2,7,16-17H,3-6H2. The van der Waals surface area contributed by atoms with Crippen molar-refractivity contribution in [1.82, 2.24) is 5.32 Å². The first kappa shape index (κ1) is 14.7. The lowest BCUT2D eigenvalue weighted by atomic mass is 10.2. The van der Waals surface area contributed by atoms with Gasteiger partial charge in [-0.25, -0.2) is 4.39 Å². The molecule has 0 unspecified atom stereocenters. The first-order chi connectivity index (χ1) is 8.45. The van der Waals surface area contributed by atoms with Gasteiger partial charge >= 0.3 is 6.18 Å². The number of hydrogen-bond donors (Lipinski definition) is 2. The Hall–Kier alpha value is -1.34. The Balaban J connectivity index is 2.65. The predicted octanol–water partition coefficient (Wildman–Crippen LogP) is 1.81. The zero-order valence-corrected chi connectivity index (χ0v) is 9.43. The van der Waals surface area contributed by atoms with Crippen molar-refractivity contribution in [3.8, 4) is 5.75 Å². The van der Waals surface area contributed by atoms with E-state index in [1.807, 2.05) is 0 Å². The van der Waals surface area contributed by atoms with E-state index in [0.29, 0.717) is 12.6 Å². The minimum absolute atomic E-state index is 0.00525. The van der Waals surface area contributed by atoms with E-state index < -0.39 is 23.3 Å². The summed E-state index contributed by atoms with van der Waals surface area (Å²) in [4.78, 5) is 0. The predicted molar refractivity (Wildman–Crippen MR) is 56.9 cm³/mol. The smallest absolute Gasteiger partial charge is 0.420 e. The average molecular weight is 267 g/mol. The Labute approximate surface area is 101 Å². The molecule has 7 heteroatoms. The molecule has 0 spiro atoms. The highest BCUT2D eigenvalue weighted by atomic mass is 19.4. The molecule has 0 aliphatic heterocycles. The lowest BCUT2D eigenvalue weighted by Crippen LogP contribution is -2.24. The second-order valence-corrected chi connectivity index (χ2v) is 3.46. The summed E-state index contributed by atoms with van der Waals surface area (Å²) < 4.78 is 55.4. The minimum atomic E-state index is -4.66. The zero-order chi connectivity index (χ0) is 13.6. The molecule has 0 heterocycles. The Morgan fingerprint density at radius 1 is 1.22 bits per heavy atom. The van der Waals surface area contributed by atoms with Gasteiger partial charge in [0.2, 0.25) is 0 Å². The quantitative estimate of drug-likeness (QED) is 0.610. The van der Waals surface area contributed by atoms with Crippen LogP contribution in [0.4, 0.5) is 17.6 Å². The normalized spacial score (nSPS) is 11.6. The van der Waals surface area contributed by atoms with Gasteiger partial charge in [0.15, 0.2) is 0 Å². The lowest BCUT2D eigenvalue weighted by Gasteiger charge is -2.14. The number of alkyl halides is 3. The van der Waals surface area contributed by atoms with Crippen LogP contribution in [-0.4, -0.2) is 31.4 Å². The fourth-order valence-electron chi connectivity index (χ4n) is 1.29. The summed E-state index contributed by atoms with van der Waals surface area (Å²) in [7, 11) is 0. The molecule has 102 valence electrons. The van der Waals surface area contributed by atoms with Crippen LogP contribution in [0.1, 0.15) is 5.56 Å². The monoisotopic (exact) mass is 267 g/mol. The third kappa shape index (κ3) is 4.50. The first-order valence-electron chi connectivity index (χ1n) is 5.26. The van der Waals surface area contributed by atoms with Gasteiger partial charge in [-0.2, -0.15) is 13.2 Å². The van der Waals surface area contributed by atoms with E-state index in [2.05, 4.69) is 5.32 Å². The largest absolute Gasteiger partial charge is 0.492 e. The summed E-state index contributed by atoms with van der Waals surface area (Å²) >= 11 is 0. The molecule has 0 aliphatic carbocycles. The molecule has 2 N–H and O–H groups in total. The van der Waals surface area contributed by atoms with Gasteiger partial charge in [-0.1, -0.05) is 0 Å².